The molecule has 1 heteroatoms. The Morgan fingerprint density at radius 2 is 1.90 bits per heavy atom. The van der Waals surface area contributed by atoms with E-state index in [0.29, 0.717) is 0 Å². The van der Waals surface area contributed by atoms with Crippen molar-refractivity contribution in [3.63, 3.8) is 0 Å². The number of aryl methyl sites for hydroxylation is 1. The first-order valence-electron chi connectivity index (χ1n) is 3.34. The van der Waals surface area contributed by atoms with Crippen molar-refractivity contribution in [2.75, 3.05) is 0 Å². The Hall–Kier alpha value is -0.570. The van der Waals surface area contributed by atoms with Crippen LogP contribution in [0.4, 0.5) is 0 Å². The molecule has 0 unspecified atom stereocenters. The van der Waals surface area contributed by atoms with E-state index in [1.165, 1.54) is 5.56 Å². The first kappa shape index (κ1) is 7.54. The predicted molar refractivity (Wildman–Crippen MR) is 45.6 cm³/mol. The summed E-state index contributed by atoms with van der Waals surface area (Å²) in [6.07, 6.45) is 1.97. The van der Waals surface area contributed by atoms with E-state index >= 15 is 0 Å². The van der Waals surface area contributed by atoms with Gasteiger partial charge in [-0.2, -0.15) is 0 Å². The molecule has 0 atom stereocenters. The van der Waals surface area contributed by atoms with Crippen molar-refractivity contribution < 1.29 is 0 Å². The second-order valence-corrected chi connectivity index (χ2v) is 2.46. The second kappa shape index (κ2) is 4.28. The Bertz CT molecular complexity index is 220. The normalized spacial score (nSPS) is 8.70. The number of hydrogen-bond donors (Lipinski definition) is 0. The fraction of sp³-hybridized carbons (Fsp3) is 0.222. The molecule has 0 aliphatic heterocycles. The fourth-order valence-corrected chi connectivity index (χ4v) is 0.957. The van der Waals surface area contributed by atoms with Crippen LogP contribution in [0.5, 0.6) is 0 Å². The van der Waals surface area contributed by atoms with Crippen LogP contribution in [-0.2, 0) is 6.42 Å². The average molecular weight is 148 g/mol. The maximum atomic E-state index is 3.90. The summed E-state index contributed by atoms with van der Waals surface area (Å²) in [6, 6.07) is 10.4. The molecule has 0 aliphatic carbocycles. The van der Waals surface area contributed by atoms with Crippen molar-refractivity contribution in [3.05, 3.63) is 35.9 Å². The molecule has 0 saturated heterocycles. The Labute approximate surface area is 63.8 Å². The van der Waals surface area contributed by atoms with Crippen LogP contribution in [0, 0.1) is 5.63 Å². The molecule has 0 aromatic heterocycles. The van der Waals surface area contributed by atoms with Crippen molar-refractivity contribution in [1.29, 1.82) is 0 Å². The van der Waals surface area contributed by atoms with Gasteiger partial charge in [0.1, 0.15) is 0 Å². The molecule has 0 fully saturated rings. The third-order valence-corrected chi connectivity index (χ3v) is 1.59. The van der Waals surface area contributed by atoms with Crippen molar-refractivity contribution in [3.8, 4) is 5.63 Å². The average Bonchev–Trinajstić information content (AvgIpc) is 2.03. The van der Waals surface area contributed by atoms with Gasteiger partial charge in [-0.15, -0.1) is 0 Å². The number of benzene rings is 1. The van der Waals surface area contributed by atoms with E-state index in [1.807, 2.05) is 18.2 Å². The van der Waals surface area contributed by atoms with Crippen molar-refractivity contribution in [1.82, 2.24) is 0 Å². The molecule has 0 bridgehead atoms. The molecule has 1 aromatic carbocycles. The zero-order valence-electron chi connectivity index (χ0n) is 5.75. The van der Waals surface area contributed by atoms with Crippen LogP contribution in [0.15, 0.2) is 30.3 Å². The summed E-state index contributed by atoms with van der Waals surface area (Å²) in [5.41, 5.74) is 4.16. The first-order valence-corrected chi connectivity index (χ1v) is 3.79. The Morgan fingerprint density at radius 1 is 1.20 bits per heavy atom. The molecule has 0 nitrogen and oxygen atoms in total. The van der Waals surface area contributed by atoms with Gasteiger partial charge >= 0.3 is 63.1 Å². The summed E-state index contributed by atoms with van der Waals surface area (Å²) in [5, 5.41) is 0. The van der Waals surface area contributed by atoms with E-state index in [4.69, 9.17) is 0 Å². The van der Waals surface area contributed by atoms with Gasteiger partial charge in [0.2, 0.25) is 0 Å². The van der Waals surface area contributed by atoms with E-state index < -0.39 is 0 Å². The Balaban J connectivity index is 2.52. The SMILES string of the molecule is P#CCCc1ccccc1. The van der Waals surface area contributed by atoms with E-state index in [2.05, 4.69) is 26.5 Å². The molecule has 0 aliphatic rings. The van der Waals surface area contributed by atoms with Gasteiger partial charge in [-0.1, -0.05) is 0 Å². The predicted octanol–water partition coefficient (Wildman–Crippen LogP) is 2.99. The van der Waals surface area contributed by atoms with Gasteiger partial charge in [0, 0.05) is 0 Å². The molecular weight excluding hydrogens is 139 g/mol. The van der Waals surface area contributed by atoms with Gasteiger partial charge in [-0.05, 0) is 0 Å². The molecule has 0 N–H and O–H groups in total. The van der Waals surface area contributed by atoms with Gasteiger partial charge < -0.3 is 0 Å². The first-order chi connectivity index (χ1) is 4.93. The molecule has 10 heavy (non-hydrogen) atoms. The summed E-state index contributed by atoms with van der Waals surface area (Å²) >= 11 is 0. The van der Waals surface area contributed by atoms with Gasteiger partial charge in [0.25, 0.3) is 0 Å². The molecule has 0 saturated carbocycles. The summed E-state index contributed by atoms with van der Waals surface area (Å²) in [6.45, 7) is 0. The van der Waals surface area contributed by atoms with E-state index in [1.54, 1.807) is 0 Å². The fourth-order valence-electron chi connectivity index (χ4n) is 0.845. The number of hydrogen-bond acceptors (Lipinski definition) is 0. The summed E-state index contributed by atoms with van der Waals surface area (Å²) in [7, 11) is 3.90. The minimum atomic E-state index is 0.924. The molecule has 1 rings (SSSR count). The molecule has 0 spiro atoms. The van der Waals surface area contributed by atoms with Crippen LogP contribution >= 0.6 is 8.70 Å². The van der Waals surface area contributed by atoms with Crippen LogP contribution in [0.25, 0.3) is 0 Å². The molecule has 0 radical (unpaired) electrons. The second-order valence-electron chi connectivity index (χ2n) is 2.14. The van der Waals surface area contributed by atoms with E-state index in [-0.39, 0.29) is 0 Å². The zero-order valence-corrected chi connectivity index (χ0v) is 6.64. The van der Waals surface area contributed by atoms with Crippen LogP contribution in [0.2, 0.25) is 0 Å². The van der Waals surface area contributed by atoms with Crippen LogP contribution < -0.4 is 0 Å². The third-order valence-electron chi connectivity index (χ3n) is 1.37. The summed E-state index contributed by atoms with van der Waals surface area (Å²) in [5.74, 6) is 0. The van der Waals surface area contributed by atoms with Gasteiger partial charge in [0.05, 0.1) is 0 Å². The van der Waals surface area contributed by atoms with E-state index in [0.717, 1.165) is 12.8 Å². The summed E-state index contributed by atoms with van der Waals surface area (Å²) < 4.78 is 0. The molecular formula is C9H9P. The monoisotopic (exact) mass is 148 g/mol. The van der Waals surface area contributed by atoms with Crippen LogP contribution in [0.1, 0.15) is 12.0 Å². The molecule has 0 heterocycles. The van der Waals surface area contributed by atoms with Crippen LogP contribution in [-0.4, -0.2) is 0 Å². The standard InChI is InChI=1S/C9H9P/c10-8-4-7-9-5-2-1-3-6-9/h1-3,5-6H,4,7H2. The van der Waals surface area contributed by atoms with Gasteiger partial charge in [0.15, 0.2) is 0 Å². The van der Waals surface area contributed by atoms with Crippen molar-refractivity contribution >= 4 is 8.70 Å². The number of rotatable bonds is 2. The molecule has 0 amide bonds. The van der Waals surface area contributed by atoms with E-state index in [9.17, 15) is 0 Å². The topological polar surface area (TPSA) is 0 Å². The summed E-state index contributed by atoms with van der Waals surface area (Å²) in [4.78, 5) is 0. The molecule has 50 valence electrons. The maximum absolute atomic E-state index is 3.90. The third kappa shape index (κ3) is 2.35. The van der Waals surface area contributed by atoms with Gasteiger partial charge in [-0.25, -0.2) is 0 Å². The Morgan fingerprint density at radius 3 is 2.50 bits per heavy atom. The van der Waals surface area contributed by atoms with Gasteiger partial charge in [-0.3, -0.25) is 0 Å². The van der Waals surface area contributed by atoms with Crippen molar-refractivity contribution in [2.24, 2.45) is 0 Å². The molecule has 1 aromatic rings. The van der Waals surface area contributed by atoms with Crippen LogP contribution in [0.3, 0.4) is 0 Å². The van der Waals surface area contributed by atoms with Crippen molar-refractivity contribution in [2.45, 2.75) is 12.8 Å². The minimum absolute atomic E-state index is 0.924. The quantitative estimate of drug-likeness (QED) is 0.565. The Kier molecular flexibility index (Phi) is 3.22. The zero-order chi connectivity index (χ0) is 7.23.